The van der Waals surface area contributed by atoms with Crippen molar-refractivity contribution in [3.63, 3.8) is 0 Å². The number of carbonyl (C=O) groups excluding carboxylic acids is 5. The Labute approximate surface area is 230 Å². The van der Waals surface area contributed by atoms with Crippen molar-refractivity contribution in [2.75, 3.05) is 0 Å². The van der Waals surface area contributed by atoms with Crippen LogP contribution in [0.25, 0.3) is 0 Å². The minimum atomic E-state index is -1.15. The Kier molecular flexibility index (Phi) is 13.4. The highest BCUT2D eigenvalue weighted by Crippen LogP contribution is 2.13. The first-order valence-electron chi connectivity index (χ1n) is 13.2. The van der Waals surface area contributed by atoms with Gasteiger partial charge in [0.1, 0.15) is 30.3 Å². The molecule has 0 heterocycles. The fourth-order valence-electron chi connectivity index (χ4n) is 3.53. The first-order chi connectivity index (χ1) is 18.1. The van der Waals surface area contributed by atoms with Crippen LogP contribution in [0.1, 0.15) is 73.3 Å². The molecule has 1 rings (SSSR count). The summed E-state index contributed by atoms with van der Waals surface area (Å²) in [6.45, 7) is 12.3. The van der Waals surface area contributed by atoms with Crippen LogP contribution in [0.3, 0.4) is 0 Å². The smallest absolute Gasteiger partial charge is 0.408 e. The van der Waals surface area contributed by atoms with Gasteiger partial charge in [0.2, 0.25) is 17.7 Å². The van der Waals surface area contributed by atoms with E-state index in [9.17, 15) is 24.0 Å². The van der Waals surface area contributed by atoms with Crippen molar-refractivity contribution < 1.29 is 33.4 Å². The third-order valence-corrected chi connectivity index (χ3v) is 5.95. The summed E-state index contributed by atoms with van der Waals surface area (Å²) in [6.07, 6.45) is -0.379. The summed E-state index contributed by atoms with van der Waals surface area (Å²) in [6, 6.07) is 5.99. The van der Waals surface area contributed by atoms with Gasteiger partial charge in [0, 0.05) is 6.42 Å². The molecule has 11 heteroatoms. The van der Waals surface area contributed by atoms with Crippen LogP contribution in [0.5, 0.6) is 0 Å². The molecule has 218 valence electrons. The molecule has 0 spiro atoms. The van der Waals surface area contributed by atoms with E-state index in [0.717, 1.165) is 5.56 Å². The molecule has 1 aromatic carbocycles. The van der Waals surface area contributed by atoms with Crippen LogP contribution in [-0.4, -0.2) is 53.5 Å². The second kappa shape index (κ2) is 15.7. The van der Waals surface area contributed by atoms with Crippen molar-refractivity contribution >= 4 is 29.8 Å². The van der Waals surface area contributed by atoms with Crippen LogP contribution in [0, 0.1) is 11.8 Å². The molecular weight excluding hydrogens is 504 g/mol. The number of nitrogens with one attached hydrogen (secondary N) is 3. The topological polar surface area (TPSA) is 166 Å². The van der Waals surface area contributed by atoms with E-state index < -0.39 is 53.5 Å². The molecular formula is C28H44N4O7. The van der Waals surface area contributed by atoms with Gasteiger partial charge < -0.3 is 31.2 Å². The summed E-state index contributed by atoms with van der Waals surface area (Å²) in [5.41, 5.74) is 5.54. The van der Waals surface area contributed by atoms with Gasteiger partial charge in [0.15, 0.2) is 0 Å². The van der Waals surface area contributed by atoms with Gasteiger partial charge >= 0.3 is 12.1 Å². The molecule has 0 radical (unpaired) electrons. The van der Waals surface area contributed by atoms with Gasteiger partial charge in [0.05, 0.1) is 0 Å². The fraction of sp³-hybridized carbons (Fsp3) is 0.607. The van der Waals surface area contributed by atoms with E-state index in [0.29, 0.717) is 6.42 Å². The molecule has 39 heavy (non-hydrogen) atoms. The largest absolute Gasteiger partial charge is 0.461 e. The predicted octanol–water partition coefficient (Wildman–Crippen LogP) is 2.56. The molecule has 0 aliphatic carbocycles. The number of hydrogen-bond acceptors (Lipinski definition) is 7. The van der Waals surface area contributed by atoms with Gasteiger partial charge in [0.25, 0.3) is 0 Å². The molecule has 0 unspecified atom stereocenters. The summed E-state index contributed by atoms with van der Waals surface area (Å²) >= 11 is 0. The average Bonchev–Trinajstić information content (AvgIpc) is 2.85. The van der Waals surface area contributed by atoms with Crippen molar-refractivity contribution in [2.24, 2.45) is 17.6 Å². The Morgan fingerprint density at radius 2 is 1.49 bits per heavy atom. The number of nitrogens with two attached hydrogens (primary N) is 1. The van der Waals surface area contributed by atoms with Crippen molar-refractivity contribution in [1.29, 1.82) is 0 Å². The molecule has 0 bridgehead atoms. The zero-order valence-corrected chi connectivity index (χ0v) is 24.0. The summed E-state index contributed by atoms with van der Waals surface area (Å²) in [5.74, 6) is -3.19. The van der Waals surface area contributed by atoms with Gasteiger partial charge in [-0.1, -0.05) is 64.4 Å². The highest BCUT2D eigenvalue weighted by Gasteiger charge is 2.33. The lowest BCUT2D eigenvalue weighted by atomic mass is 9.96. The highest BCUT2D eigenvalue weighted by molar-refractivity contribution is 5.94. The van der Waals surface area contributed by atoms with Crippen molar-refractivity contribution in [2.45, 2.75) is 98.1 Å². The van der Waals surface area contributed by atoms with Gasteiger partial charge in [-0.05, 0) is 44.6 Å². The number of rotatable bonds is 14. The Hall–Kier alpha value is -3.63. The van der Waals surface area contributed by atoms with Gasteiger partial charge in [-0.25, -0.2) is 4.79 Å². The van der Waals surface area contributed by atoms with Crippen LogP contribution in [0.4, 0.5) is 4.79 Å². The predicted molar refractivity (Wildman–Crippen MR) is 146 cm³/mol. The van der Waals surface area contributed by atoms with Crippen LogP contribution < -0.4 is 21.7 Å². The Morgan fingerprint density at radius 1 is 0.897 bits per heavy atom. The molecule has 1 aromatic rings. The van der Waals surface area contributed by atoms with E-state index in [1.165, 1.54) is 0 Å². The lowest BCUT2D eigenvalue weighted by Crippen LogP contribution is -2.59. The van der Waals surface area contributed by atoms with Crippen molar-refractivity contribution in [1.82, 2.24) is 16.0 Å². The molecule has 4 atom stereocenters. The Bertz CT molecular complexity index is 976. The Morgan fingerprint density at radius 3 is 2.00 bits per heavy atom. The first kappa shape index (κ1) is 33.4. The van der Waals surface area contributed by atoms with E-state index >= 15 is 0 Å². The van der Waals surface area contributed by atoms with Crippen LogP contribution in [0.15, 0.2) is 30.3 Å². The fourth-order valence-corrected chi connectivity index (χ4v) is 3.53. The minimum absolute atomic E-state index is 0.0663. The third kappa shape index (κ3) is 12.6. The molecule has 0 aromatic heterocycles. The van der Waals surface area contributed by atoms with E-state index in [-0.39, 0.29) is 31.3 Å². The number of carbonyl (C=O) groups is 5. The SMILES string of the molecule is CC[C@H](C)[C@H](NC(=O)OC(C)(C)C)C(=O)N[C@H](C(=O)N[C@@H](CCC(=O)OCc1ccccc1)C(N)=O)C(C)C. The highest BCUT2D eigenvalue weighted by atomic mass is 16.6. The van der Waals surface area contributed by atoms with E-state index in [1.807, 2.05) is 37.3 Å². The number of esters is 1. The summed E-state index contributed by atoms with van der Waals surface area (Å²) in [4.78, 5) is 62.8. The van der Waals surface area contributed by atoms with Gasteiger partial charge in [-0.2, -0.15) is 0 Å². The minimum Gasteiger partial charge on any atom is -0.461 e. The third-order valence-electron chi connectivity index (χ3n) is 5.95. The monoisotopic (exact) mass is 548 g/mol. The van der Waals surface area contributed by atoms with Gasteiger partial charge in [-0.15, -0.1) is 0 Å². The van der Waals surface area contributed by atoms with Crippen LogP contribution in [-0.2, 0) is 35.3 Å². The quantitative estimate of drug-likeness (QED) is 0.259. The number of hydrogen-bond donors (Lipinski definition) is 4. The second-order valence-electron chi connectivity index (χ2n) is 10.9. The average molecular weight is 549 g/mol. The normalized spacial score (nSPS) is 14.4. The van der Waals surface area contributed by atoms with Crippen LogP contribution in [0.2, 0.25) is 0 Å². The number of primary amides is 1. The molecule has 0 fully saturated rings. The Balaban J connectivity index is 2.82. The summed E-state index contributed by atoms with van der Waals surface area (Å²) in [7, 11) is 0. The van der Waals surface area contributed by atoms with E-state index in [2.05, 4.69) is 16.0 Å². The van der Waals surface area contributed by atoms with Crippen molar-refractivity contribution in [3.05, 3.63) is 35.9 Å². The zero-order chi connectivity index (χ0) is 29.8. The maximum Gasteiger partial charge on any atom is 0.408 e. The number of ether oxygens (including phenoxy) is 2. The first-order valence-corrected chi connectivity index (χ1v) is 13.2. The molecule has 4 amide bonds. The number of benzene rings is 1. The number of amides is 4. The van der Waals surface area contributed by atoms with Crippen LogP contribution >= 0.6 is 0 Å². The molecule has 0 saturated heterocycles. The number of alkyl carbamates (subject to hydrolysis) is 1. The second-order valence-corrected chi connectivity index (χ2v) is 10.9. The van der Waals surface area contributed by atoms with Crippen molar-refractivity contribution in [3.8, 4) is 0 Å². The molecule has 0 aliphatic heterocycles. The molecule has 5 N–H and O–H groups in total. The van der Waals surface area contributed by atoms with E-state index in [4.69, 9.17) is 15.2 Å². The lowest BCUT2D eigenvalue weighted by molar-refractivity contribution is -0.145. The molecule has 0 saturated carbocycles. The zero-order valence-electron chi connectivity index (χ0n) is 24.0. The van der Waals surface area contributed by atoms with E-state index in [1.54, 1.807) is 41.5 Å². The van der Waals surface area contributed by atoms with Gasteiger partial charge in [-0.3, -0.25) is 19.2 Å². The summed E-state index contributed by atoms with van der Waals surface area (Å²) in [5, 5.41) is 7.81. The lowest BCUT2D eigenvalue weighted by Gasteiger charge is -2.29. The summed E-state index contributed by atoms with van der Waals surface area (Å²) < 4.78 is 10.5. The molecule has 11 nitrogen and oxygen atoms in total. The standard InChI is InChI=1S/C28H44N4O7/c1-8-18(4)23(32-27(37)39-28(5,6)7)26(36)31-22(17(2)3)25(35)30-20(24(29)34)14-15-21(33)38-16-19-12-10-9-11-13-19/h9-13,17-18,20,22-23H,8,14-16H2,1-7H3,(H2,29,34)(H,30,35)(H,31,36)(H,32,37)/t18-,20-,22-,23-/m0/s1. The maximum atomic E-state index is 13.2. The molecule has 0 aliphatic rings. The maximum absolute atomic E-state index is 13.2.